The fraction of sp³-hybridized carbons (Fsp3) is 0.750. The predicted molar refractivity (Wildman–Crippen MR) is 49.0 cm³/mol. The highest BCUT2D eigenvalue weighted by atomic mass is 16.7. The minimum absolute atomic E-state index is 0.159. The van der Waals surface area contributed by atoms with E-state index in [1.54, 1.807) is 0 Å². The van der Waals surface area contributed by atoms with Crippen LogP contribution in [0.4, 0.5) is 0 Å². The first-order valence-corrected chi connectivity index (χ1v) is 4.63. The molecule has 0 saturated carbocycles. The summed E-state index contributed by atoms with van der Waals surface area (Å²) >= 11 is 0. The van der Waals surface area contributed by atoms with Crippen molar-refractivity contribution in [2.24, 2.45) is 0 Å². The molecule has 0 aliphatic carbocycles. The Balaban J connectivity index is 2.09. The van der Waals surface area contributed by atoms with Gasteiger partial charge in [0, 0.05) is 13.1 Å². The molecular weight excluding hydrogens is 204 g/mol. The first kappa shape index (κ1) is 11.9. The highest BCUT2D eigenvalue weighted by molar-refractivity contribution is 5.75. The molecule has 7 heteroatoms. The molecule has 1 rings (SSSR count). The third-order valence-electron chi connectivity index (χ3n) is 1.80. The number of carbonyl (C=O) groups is 2. The number of amides is 1. The summed E-state index contributed by atoms with van der Waals surface area (Å²) in [5.74, 6) is -1.52. The number of hydrogen-bond donors (Lipinski definition) is 3. The van der Waals surface area contributed by atoms with Crippen molar-refractivity contribution < 1.29 is 24.3 Å². The van der Waals surface area contributed by atoms with Gasteiger partial charge in [0.1, 0.15) is 0 Å². The minimum atomic E-state index is -1.13. The molecule has 1 aliphatic rings. The molecule has 1 amide bonds. The summed E-state index contributed by atoms with van der Waals surface area (Å²) in [4.78, 5) is 25.6. The molecule has 1 unspecified atom stereocenters. The Bertz CT molecular complexity index is 227. The largest absolute Gasteiger partial charge is 0.479 e. The molecule has 1 fully saturated rings. The number of morpholine rings is 1. The Morgan fingerprint density at radius 2 is 2.40 bits per heavy atom. The molecule has 0 radical (unpaired) electrons. The molecule has 7 nitrogen and oxygen atoms in total. The zero-order chi connectivity index (χ0) is 11.1. The number of aliphatic carboxylic acids is 1. The topological polar surface area (TPSA) is 96.9 Å². The van der Waals surface area contributed by atoms with E-state index in [1.807, 2.05) is 5.48 Å². The summed E-state index contributed by atoms with van der Waals surface area (Å²) < 4.78 is 5.28. The van der Waals surface area contributed by atoms with Crippen LogP contribution in [0.5, 0.6) is 0 Å². The van der Waals surface area contributed by atoms with Crippen LogP contribution in [0.15, 0.2) is 0 Å². The molecule has 0 aromatic carbocycles. The van der Waals surface area contributed by atoms with Crippen LogP contribution < -0.4 is 10.8 Å². The number of carboxylic acids is 1. The third-order valence-corrected chi connectivity index (χ3v) is 1.80. The Labute approximate surface area is 86.7 Å². The average Bonchev–Trinajstić information content (AvgIpc) is 2.18. The zero-order valence-corrected chi connectivity index (χ0v) is 8.19. The van der Waals surface area contributed by atoms with Crippen molar-refractivity contribution in [3.63, 3.8) is 0 Å². The fourth-order valence-corrected chi connectivity index (χ4v) is 1.18. The van der Waals surface area contributed by atoms with Crippen LogP contribution in [0, 0.1) is 0 Å². The van der Waals surface area contributed by atoms with E-state index in [-0.39, 0.29) is 18.4 Å². The van der Waals surface area contributed by atoms with Crippen LogP contribution in [0.3, 0.4) is 0 Å². The highest BCUT2D eigenvalue weighted by Crippen LogP contribution is 2.00. The van der Waals surface area contributed by atoms with Crippen molar-refractivity contribution in [2.75, 3.05) is 26.3 Å². The van der Waals surface area contributed by atoms with E-state index >= 15 is 0 Å². The van der Waals surface area contributed by atoms with E-state index in [0.717, 1.165) is 6.54 Å². The monoisotopic (exact) mass is 218 g/mol. The first-order valence-electron chi connectivity index (χ1n) is 4.63. The van der Waals surface area contributed by atoms with Gasteiger partial charge in [-0.05, 0) is 0 Å². The van der Waals surface area contributed by atoms with Crippen molar-refractivity contribution in [3.8, 4) is 0 Å². The number of ether oxygens (including phenoxy) is 1. The molecule has 1 atom stereocenters. The second-order valence-electron chi connectivity index (χ2n) is 3.11. The zero-order valence-electron chi connectivity index (χ0n) is 8.19. The standard InChI is InChI=1S/C8H14N2O5/c11-7(10-15-5-8(12)13)3-6-4-9-1-2-14-6/h6,9H,1-5H2,(H,10,11)(H,12,13). The molecule has 15 heavy (non-hydrogen) atoms. The highest BCUT2D eigenvalue weighted by Gasteiger charge is 2.17. The van der Waals surface area contributed by atoms with Crippen LogP contribution in [0.2, 0.25) is 0 Å². The van der Waals surface area contributed by atoms with Crippen LogP contribution in [-0.4, -0.2) is 49.4 Å². The number of carbonyl (C=O) groups excluding carboxylic acids is 1. The number of nitrogens with one attached hydrogen (secondary N) is 2. The summed E-state index contributed by atoms with van der Waals surface area (Å²) in [6, 6.07) is 0. The van der Waals surface area contributed by atoms with Gasteiger partial charge in [0.25, 0.3) is 0 Å². The quantitative estimate of drug-likeness (QED) is 0.486. The molecule has 0 aromatic heterocycles. The SMILES string of the molecule is O=C(O)CONC(=O)CC1CNCCO1. The van der Waals surface area contributed by atoms with Crippen molar-refractivity contribution >= 4 is 11.9 Å². The Morgan fingerprint density at radius 3 is 3.00 bits per heavy atom. The predicted octanol–water partition coefficient (Wildman–Crippen LogP) is -1.50. The maximum atomic E-state index is 11.2. The lowest BCUT2D eigenvalue weighted by molar-refractivity contribution is -0.150. The van der Waals surface area contributed by atoms with Crippen LogP contribution in [0.25, 0.3) is 0 Å². The number of rotatable bonds is 5. The molecule has 1 aliphatic heterocycles. The molecule has 3 N–H and O–H groups in total. The third kappa shape index (κ3) is 5.31. The van der Waals surface area contributed by atoms with E-state index in [9.17, 15) is 9.59 Å². The van der Waals surface area contributed by atoms with Gasteiger partial charge in [0.2, 0.25) is 5.91 Å². The Kier molecular flexibility index (Phi) is 5.02. The lowest BCUT2D eigenvalue weighted by Gasteiger charge is -2.22. The summed E-state index contributed by atoms with van der Waals surface area (Å²) in [6.07, 6.45) is -0.0146. The molecule has 0 bridgehead atoms. The lowest BCUT2D eigenvalue weighted by atomic mass is 10.2. The second kappa shape index (κ2) is 6.33. The van der Waals surface area contributed by atoms with E-state index in [0.29, 0.717) is 13.2 Å². The number of carboxylic acid groups (broad SMARTS) is 1. The average molecular weight is 218 g/mol. The molecule has 0 spiro atoms. The van der Waals surface area contributed by atoms with Gasteiger partial charge >= 0.3 is 5.97 Å². The number of hydroxylamine groups is 1. The normalized spacial score (nSPS) is 20.9. The van der Waals surface area contributed by atoms with Gasteiger partial charge in [0.05, 0.1) is 19.1 Å². The van der Waals surface area contributed by atoms with Gasteiger partial charge in [0.15, 0.2) is 6.61 Å². The fourth-order valence-electron chi connectivity index (χ4n) is 1.18. The van der Waals surface area contributed by atoms with Crippen LogP contribution >= 0.6 is 0 Å². The van der Waals surface area contributed by atoms with Gasteiger partial charge in [-0.25, -0.2) is 10.3 Å². The maximum Gasteiger partial charge on any atom is 0.332 e. The van der Waals surface area contributed by atoms with E-state index in [1.165, 1.54) is 0 Å². The lowest BCUT2D eigenvalue weighted by Crippen LogP contribution is -2.41. The van der Waals surface area contributed by atoms with Gasteiger partial charge in [-0.1, -0.05) is 0 Å². The molecule has 0 aromatic rings. The van der Waals surface area contributed by atoms with Crippen LogP contribution in [-0.2, 0) is 19.2 Å². The van der Waals surface area contributed by atoms with Gasteiger partial charge in [-0.15, -0.1) is 0 Å². The molecular formula is C8H14N2O5. The van der Waals surface area contributed by atoms with E-state index < -0.39 is 12.6 Å². The molecule has 86 valence electrons. The number of hydrogen-bond acceptors (Lipinski definition) is 5. The summed E-state index contributed by atoms with van der Waals surface area (Å²) in [5.41, 5.74) is 2.03. The molecule has 1 heterocycles. The van der Waals surface area contributed by atoms with E-state index in [4.69, 9.17) is 9.84 Å². The maximum absolute atomic E-state index is 11.2. The Morgan fingerprint density at radius 1 is 1.60 bits per heavy atom. The van der Waals surface area contributed by atoms with Crippen molar-refractivity contribution in [1.29, 1.82) is 0 Å². The Hall–Kier alpha value is -1.18. The van der Waals surface area contributed by atoms with Crippen LogP contribution in [0.1, 0.15) is 6.42 Å². The van der Waals surface area contributed by atoms with Crippen molar-refractivity contribution in [1.82, 2.24) is 10.8 Å². The first-order chi connectivity index (χ1) is 7.18. The second-order valence-corrected chi connectivity index (χ2v) is 3.11. The van der Waals surface area contributed by atoms with E-state index in [2.05, 4.69) is 10.2 Å². The summed E-state index contributed by atoms with van der Waals surface area (Å²) in [7, 11) is 0. The van der Waals surface area contributed by atoms with Gasteiger partial charge in [-0.2, -0.15) is 0 Å². The summed E-state index contributed by atoms with van der Waals surface area (Å²) in [5, 5.41) is 11.3. The van der Waals surface area contributed by atoms with Gasteiger partial charge in [-0.3, -0.25) is 9.63 Å². The molecule has 1 saturated heterocycles. The van der Waals surface area contributed by atoms with Crippen molar-refractivity contribution in [2.45, 2.75) is 12.5 Å². The summed E-state index contributed by atoms with van der Waals surface area (Å²) in [6.45, 7) is 1.43. The van der Waals surface area contributed by atoms with Crippen molar-refractivity contribution in [3.05, 3.63) is 0 Å². The minimum Gasteiger partial charge on any atom is -0.479 e. The van der Waals surface area contributed by atoms with Gasteiger partial charge < -0.3 is 15.2 Å². The smallest absolute Gasteiger partial charge is 0.332 e.